The van der Waals surface area contributed by atoms with Gasteiger partial charge in [-0.2, -0.15) is 0 Å². The van der Waals surface area contributed by atoms with Crippen LogP contribution in [-0.4, -0.2) is 76.8 Å². The molecule has 4 amide bonds. The topological polar surface area (TPSA) is 85.8 Å². The van der Waals surface area contributed by atoms with Crippen molar-refractivity contribution in [3.8, 4) is 0 Å². The summed E-state index contributed by atoms with van der Waals surface area (Å²) in [7, 11) is 0. The minimum atomic E-state index is -1.18. The first-order chi connectivity index (χ1) is 17.1. The molecule has 0 spiro atoms. The summed E-state index contributed by atoms with van der Waals surface area (Å²) in [5.74, 6) is -0.188. The van der Waals surface area contributed by atoms with E-state index in [1.54, 1.807) is 17.5 Å². The van der Waals surface area contributed by atoms with E-state index in [2.05, 4.69) is 15.2 Å². The fourth-order valence-electron chi connectivity index (χ4n) is 5.70. The average molecular weight is 496 g/mol. The number of carbonyl (C=O) groups is 3. The smallest absolute Gasteiger partial charge is 0.325 e. The molecule has 2 aromatic rings. The molecule has 3 fully saturated rings. The molecule has 5 heterocycles. The molecule has 1 unspecified atom stereocenters. The first-order valence-electron chi connectivity index (χ1n) is 12.7. The lowest BCUT2D eigenvalue weighted by Crippen LogP contribution is -2.55. The molecule has 3 aliphatic heterocycles. The van der Waals surface area contributed by atoms with E-state index >= 15 is 0 Å². The first kappa shape index (κ1) is 23.9. The van der Waals surface area contributed by atoms with Gasteiger partial charge in [-0.15, -0.1) is 11.3 Å². The Morgan fingerprint density at radius 3 is 2.54 bits per heavy atom. The minimum absolute atomic E-state index is 0.125. The molecular weight excluding hydrogens is 462 g/mol. The molecule has 35 heavy (non-hydrogen) atoms. The molecule has 3 saturated heterocycles. The highest BCUT2D eigenvalue weighted by molar-refractivity contribution is 7.09. The number of urea groups is 1. The van der Waals surface area contributed by atoms with Crippen LogP contribution in [0.5, 0.6) is 0 Å². The lowest BCUT2D eigenvalue weighted by atomic mass is 9.75. The Balaban J connectivity index is 1.30. The largest absolute Gasteiger partial charge is 0.342 e. The van der Waals surface area contributed by atoms with Crippen LogP contribution in [0.3, 0.4) is 0 Å². The Bertz CT molecular complexity index is 1030. The molecule has 1 atom stereocenters. The number of aromatic nitrogens is 1. The van der Waals surface area contributed by atoms with Crippen molar-refractivity contribution in [2.45, 2.75) is 44.1 Å². The third-order valence-electron chi connectivity index (χ3n) is 7.63. The van der Waals surface area contributed by atoms with Crippen LogP contribution in [0, 0.1) is 5.92 Å². The number of nitrogens with one attached hydrogen (secondary N) is 1. The van der Waals surface area contributed by atoms with Crippen LogP contribution in [0.4, 0.5) is 4.79 Å². The molecule has 2 aromatic heterocycles. The Labute approximate surface area is 210 Å². The van der Waals surface area contributed by atoms with Crippen molar-refractivity contribution in [2.24, 2.45) is 5.92 Å². The zero-order valence-electron chi connectivity index (χ0n) is 20.0. The fraction of sp³-hybridized carbons (Fsp3) is 0.538. The second kappa shape index (κ2) is 10.5. The highest BCUT2D eigenvalue weighted by Crippen LogP contribution is 2.40. The van der Waals surface area contributed by atoms with E-state index in [9.17, 15) is 14.4 Å². The van der Waals surface area contributed by atoms with Crippen LogP contribution in [0.25, 0.3) is 0 Å². The SMILES string of the molecule is O=C(CN1CCCCC1)N1CCC(C2(c3ccccn3)NC(=O)N(CCc3cccs3)C2=O)CC1. The van der Waals surface area contributed by atoms with Gasteiger partial charge < -0.3 is 10.2 Å². The van der Waals surface area contributed by atoms with Gasteiger partial charge in [0.15, 0.2) is 5.54 Å². The van der Waals surface area contributed by atoms with Gasteiger partial charge in [-0.1, -0.05) is 18.6 Å². The van der Waals surface area contributed by atoms with Gasteiger partial charge in [0.05, 0.1) is 12.2 Å². The van der Waals surface area contributed by atoms with Crippen molar-refractivity contribution in [2.75, 3.05) is 39.3 Å². The van der Waals surface area contributed by atoms with Gasteiger partial charge in [-0.25, -0.2) is 4.79 Å². The summed E-state index contributed by atoms with van der Waals surface area (Å²) in [5.41, 5.74) is -0.606. The molecule has 0 aliphatic carbocycles. The molecule has 186 valence electrons. The quantitative estimate of drug-likeness (QED) is 0.597. The number of amides is 4. The maximum Gasteiger partial charge on any atom is 0.325 e. The number of thiophene rings is 1. The van der Waals surface area contributed by atoms with E-state index in [1.165, 1.54) is 11.3 Å². The fourth-order valence-corrected chi connectivity index (χ4v) is 6.40. The summed E-state index contributed by atoms with van der Waals surface area (Å²) in [6.07, 6.45) is 7.16. The number of hydrogen-bond acceptors (Lipinski definition) is 6. The van der Waals surface area contributed by atoms with Crippen molar-refractivity contribution in [3.05, 3.63) is 52.5 Å². The Morgan fingerprint density at radius 2 is 1.86 bits per heavy atom. The van der Waals surface area contributed by atoms with Crippen molar-refractivity contribution in [1.82, 2.24) is 25.0 Å². The molecule has 8 nitrogen and oxygen atoms in total. The number of piperidine rings is 2. The Morgan fingerprint density at radius 1 is 1.06 bits per heavy atom. The van der Waals surface area contributed by atoms with Crippen molar-refractivity contribution in [3.63, 3.8) is 0 Å². The summed E-state index contributed by atoms with van der Waals surface area (Å²) in [6, 6.07) is 9.13. The van der Waals surface area contributed by atoms with Gasteiger partial charge in [0, 0.05) is 36.6 Å². The van der Waals surface area contributed by atoms with Crippen LogP contribution in [0.1, 0.15) is 42.7 Å². The predicted octanol–water partition coefficient (Wildman–Crippen LogP) is 2.86. The third-order valence-corrected chi connectivity index (χ3v) is 8.57. The summed E-state index contributed by atoms with van der Waals surface area (Å²) < 4.78 is 0. The van der Waals surface area contributed by atoms with Crippen LogP contribution in [0.15, 0.2) is 41.9 Å². The van der Waals surface area contributed by atoms with E-state index in [0.717, 1.165) is 30.8 Å². The van der Waals surface area contributed by atoms with Crippen molar-refractivity contribution >= 4 is 29.2 Å². The van der Waals surface area contributed by atoms with Gasteiger partial charge in [-0.05, 0) is 68.8 Å². The molecule has 5 rings (SSSR count). The summed E-state index contributed by atoms with van der Waals surface area (Å²) in [6.45, 7) is 3.98. The van der Waals surface area contributed by atoms with E-state index in [4.69, 9.17) is 0 Å². The molecule has 0 aromatic carbocycles. The molecule has 0 saturated carbocycles. The van der Waals surface area contributed by atoms with Gasteiger partial charge in [0.2, 0.25) is 5.91 Å². The molecule has 1 N–H and O–H groups in total. The first-order valence-corrected chi connectivity index (χ1v) is 13.5. The van der Waals surface area contributed by atoms with Crippen LogP contribution >= 0.6 is 11.3 Å². The van der Waals surface area contributed by atoms with Crippen LogP contribution < -0.4 is 5.32 Å². The van der Waals surface area contributed by atoms with Crippen LogP contribution in [-0.2, 0) is 21.5 Å². The van der Waals surface area contributed by atoms with Gasteiger partial charge in [-0.3, -0.25) is 24.4 Å². The average Bonchev–Trinajstić information content (AvgIpc) is 3.50. The highest BCUT2D eigenvalue weighted by atomic mass is 32.1. The molecule has 0 bridgehead atoms. The standard InChI is InChI=1S/C26H33N5O3S/c32-23(19-29-13-4-1-5-14-29)30-15-9-20(10-16-30)26(22-8-2-3-12-27-22)24(33)31(25(34)28-26)17-11-21-7-6-18-35-21/h2-3,6-8,12,18,20H,1,4-5,9-11,13-17,19H2,(H,28,34). The Hall–Kier alpha value is -2.78. The molecular formula is C26H33N5O3S. The number of rotatable bonds is 7. The van der Waals surface area contributed by atoms with E-state index in [1.807, 2.05) is 40.6 Å². The normalized spacial score (nSPS) is 24.1. The van der Waals surface area contributed by atoms with Gasteiger partial charge >= 0.3 is 6.03 Å². The molecule has 3 aliphatic rings. The van der Waals surface area contributed by atoms with Crippen molar-refractivity contribution < 1.29 is 14.4 Å². The maximum absolute atomic E-state index is 13.9. The van der Waals surface area contributed by atoms with E-state index in [0.29, 0.717) is 51.1 Å². The summed E-state index contributed by atoms with van der Waals surface area (Å²) in [4.78, 5) is 51.1. The predicted molar refractivity (Wildman–Crippen MR) is 134 cm³/mol. The monoisotopic (exact) mass is 495 g/mol. The lowest BCUT2D eigenvalue weighted by molar-refractivity contribution is -0.137. The zero-order chi connectivity index (χ0) is 24.3. The maximum atomic E-state index is 13.9. The Kier molecular flexibility index (Phi) is 7.15. The molecule has 0 radical (unpaired) electrons. The van der Waals surface area contributed by atoms with Gasteiger partial charge in [0.25, 0.3) is 5.91 Å². The van der Waals surface area contributed by atoms with Crippen molar-refractivity contribution in [1.29, 1.82) is 0 Å². The highest BCUT2D eigenvalue weighted by Gasteiger charge is 2.58. The number of pyridine rings is 1. The van der Waals surface area contributed by atoms with E-state index < -0.39 is 5.54 Å². The van der Waals surface area contributed by atoms with E-state index in [-0.39, 0.29) is 23.8 Å². The number of carbonyl (C=O) groups excluding carboxylic acids is 3. The number of hydrogen-bond donors (Lipinski definition) is 1. The second-order valence-electron chi connectivity index (χ2n) is 9.73. The summed E-state index contributed by atoms with van der Waals surface area (Å²) in [5, 5.41) is 5.06. The van der Waals surface area contributed by atoms with Gasteiger partial charge in [0.1, 0.15) is 0 Å². The zero-order valence-corrected chi connectivity index (χ0v) is 20.8. The number of nitrogens with zero attached hydrogens (tertiary/aromatic N) is 4. The van der Waals surface area contributed by atoms with Crippen LogP contribution in [0.2, 0.25) is 0 Å². The lowest BCUT2D eigenvalue weighted by Gasteiger charge is -2.41. The third kappa shape index (κ3) is 4.84. The number of imide groups is 1. The number of likely N-dealkylation sites (tertiary alicyclic amines) is 2. The second-order valence-corrected chi connectivity index (χ2v) is 10.8. The summed E-state index contributed by atoms with van der Waals surface area (Å²) >= 11 is 1.63. The minimum Gasteiger partial charge on any atom is -0.342 e. The molecule has 9 heteroatoms.